The molecule has 1 aliphatic rings. The molecule has 0 bridgehead atoms. The predicted molar refractivity (Wildman–Crippen MR) is 76.3 cm³/mol. The Kier molecular flexibility index (Phi) is 4.39. The normalized spacial score (nSPS) is 28.6. The van der Waals surface area contributed by atoms with E-state index in [4.69, 9.17) is 5.73 Å². The van der Waals surface area contributed by atoms with E-state index < -0.39 is 0 Å². The highest BCUT2D eigenvalue weighted by atomic mass is 14.8. The molecular weight excluding hydrogens is 220 g/mol. The summed E-state index contributed by atoms with van der Waals surface area (Å²) in [5, 5.41) is 0. The van der Waals surface area contributed by atoms with Gasteiger partial charge in [-0.05, 0) is 49.1 Å². The van der Waals surface area contributed by atoms with Gasteiger partial charge >= 0.3 is 0 Å². The van der Waals surface area contributed by atoms with E-state index >= 15 is 0 Å². The lowest BCUT2D eigenvalue weighted by Crippen LogP contribution is -2.46. The van der Waals surface area contributed by atoms with Crippen LogP contribution in [0.15, 0.2) is 24.5 Å². The highest BCUT2D eigenvalue weighted by Crippen LogP contribution is 2.36. The minimum absolute atomic E-state index is 0.000833. The van der Waals surface area contributed by atoms with E-state index in [9.17, 15) is 0 Å². The molecule has 0 radical (unpaired) electrons. The van der Waals surface area contributed by atoms with Gasteiger partial charge < -0.3 is 5.73 Å². The fourth-order valence-electron chi connectivity index (χ4n) is 3.46. The van der Waals surface area contributed by atoms with Crippen molar-refractivity contribution in [3.63, 3.8) is 0 Å². The minimum atomic E-state index is 0.000833. The van der Waals surface area contributed by atoms with Crippen LogP contribution in [0.3, 0.4) is 0 Å². The van der Waals surface area contributed by atoms with Crippen LogP contribution in [0, 0.1) is 11.8 Å². The Labute approximate surface area is 111 Å². The van der Waals surface area contributed by atoms with Crippen LogP contribution < -0.4 is 5.73 Å². The summed E-state index contributed by atoms with van der Waals surface area (Å²) in [4.78, 5) is 4.19. The number of nitrogens with two attached hydrogens (primary N) is 1. The van der Waals surface area contributed by atoms with E-state index in [1.807, 2.05) is 18.5 Å². The molecule has 0 amide bonds. The Morgan fingerprint density at radius 2 is 2.33 bits per heavy atom. The van der Waals surface area contributed by atoms with Crippen LogP contribution in [0.4, 0.5) is 0 Å². The van der Waals surface area contributed by atoms with Crippen LogP contribution in [0.2, 0.25) is 0 Å². The third-order valence-corrected chi connectivity index (χ3v) is 4.07. The second-order valence-electron chi connectivity index (χ2n) is 6.49. The van der Waals surface area contributed by atoms with E-state index in [-0.39, 0.29) is 5.54 Å². The fraction of sp³-hybridized carbons (Fsp3) is 0.688. The first-order valence-corrected chi connectivity index (χ1v) is 7.25. The second-order valence-corrected chi connectivity index (χ2v) is 6.49. The van der Waals surface area contributed by atoms with Crippen molar-refractivity contribution < 1.29 is 0 Å². The molecule has 100 valence electrons. The van der Waals surface area contributed by atoms with E-state index in [2.05, 4.69) is 24.9 Å². The summed E-state index contributed by atoms with van der Waals surface area (Å²) >= 11 is 0. The molecule has 2 unspecified atom stereocenters. The van der Waals surface area contributed by atoms with E-state index in [0.717, 1.165) is 24.7 Å². The molecule has 2 atom stereocenters. The third kappa shape index (κ3) is 3.81. The molecule has 18 heavy (non-hydrogen) atoms. The molecule has 0 spiro atoms. The molecule has 0 aliphatic heterocycles. The van der Waals surface area contributed by atoms with Gasteiger partial charge in [0, 0.05) is 17.9 Å². The SMILES string of the molecule is CC(C)CC1CCCC(N)(Cc2cccnc2)C1. The van der Waals surface area contributed by atoms with Crippen LogP contribution in [-0.2, 0) is 6.42 Å². The summed E-state index contributed by atoms with van der Waals surface area (Å²) in [7, 11) is 0. The molecule has 0 saturated heterocycles. The Hall–Kier alpha value is -0.890. The zero-order valence-electron chi connectivity index (χ0n) is 11.7. The van der Waals surface area contributed by atoms with Crippen LogP contribution in [0.1, 0.15) is 51.5 Å². The maximum absolute atomic E-state index is 6.63. The Morgan fingerprint density at radius 3 is 3.00 bits per heavy atom. The molecule has 1 aromatic heterocycles. The van der Waals surface area contributed by atoms with Gasteiger partial charge in [0.25, 0.3) is 0 Å². The molecule has 2 rings (SSSR count). The number of hydrogen-bond acceptors (Lipinski definition) is 2. The molecule has 2 nitrogen and oxygen atoms in total. The number of rotatable bonds is 4. The van der Waals surface area contributed by atoms with Crippen molar-refractivity contribution in [2.45, 2.75) is 57.9 Å². The van der Waals surface area contributed by atoms with Crippen molar-refractivity contribution in [2.24, 2.45) is 17.6 Å². The van der Waals surface area contributed by atoms with Crippen molar-refractivity contribution in [1.82, 2.24) is 4.98 Å². The summed E-state index contributed by atoms with van der Waals surface area (Å²) < 4.78 is 0. The first-order chi connectivity index (χ1) is 8.57. The fourth-order valence-corrected chi connectivity index (χ4v) is 3.46. The molecule has 1 heterocycles. The van der Waals surface area contributed by atoms with Gasteiger partial charge in [0.15, 0.2) is 0 Å². The smallest absolute Gasteiger partial charge is 0.0300 e. The summed E-state index contributed by atoms with van der Waals surface area (Å²) in [6.07, 6.45) is 11.1. The Balaban J connectivity index is 1.97. The van der Waals surface area contributed by atoms with Crippen LogP contribution in [0.25, 0.3) is 0 Å². The lowest BCUT2D eigenvalue weighted by molar-refractivity contribution is 0.200. The van der Waals surface area contributed by atoms with Crippen molar-refractivity contribution in [1.29, 1.82) is 0 Å². The number of nitrogens with zero attached hydrogens (tertiary/aromatic N) is 1. The molecule has 2 N–H and O–H groups in total. The average Bonchev–Trinajstić information content (AvgIpc) is 2.28. The quantitative estimate of drug-likeness (QED) is 0.882. The van der Waals surface area contributed by atoms with Crippen molar-refractivity contribution in [3.8, 4) is 0 Å². The maximum Gasteiger partial charge on any atom is 0.0300 e. The summed E-state index contributed by atoms with van der Waals surface area (Å²) in [6, 6.07) is 4.15. The summed E-state index contributed by atoms with van der Waals surface area (Å²) in [6.45, 7) is 4.63. The zero-order chi connectivity index (χ0) is 13.0. The average molecular weight is 246 g/mol. The summed E-state index contributed by atoms with van der Waals surface area (Å²) in [5.41, 5.74) is 7.91. The number of aromatic nitrogens is 1. The Bertz CT molecular complexity index is 361. The molecule has 1 fully saturated rings. The molecule has 1 aromatic rings. The van der Waals surface area contributed by atoms with Crippen LogP contribution in [0.5, 0.6) is 0 Å². The first kappa shape index (κ1) is 13.5. The van der Waals surface area contributed by atoms with Crippen molar-refractivity contribution >= 4 is 0 Å². The zero-order valence-corrected chi connectivity index (χ0v) is 11.7. The van der Waals surface area contributed by atoms with Crippen LogP contribution >= 0.6 is 0 Å². The van der Waals surface area contributed by atoms with Gasteiger partial charge in [0.2, 0.25) is 0 Å². The first-order valence-electron chi connectivity index (χ1n) is 7.25. The standard InChI is InChI=1S/C16H26N2/c1-13(2)9-14-5-3-7-16(17,10-14)11-15-6-4-8-18-12-15/h4,6,8,12-14H,3,5,7,9-11,17H2,1-2H3. The maximum atomic E-state index is 6.63. The van der Waals surface area contributed by atoms with Gasteiger partial charge in [-0.15, -0.1) is 0 Å². The summed E-state index contributed by atoms with van der Waals surface area (Å²) in [5.74, 6) is 1.61. The highest BCUT2D eigenvalue weighted by molar-refractivity contribution is 5.13. The Morgan fingerprint density at radius 1 is 1.50 bits per heavy atom. The van der Waals surface area contributed by atoms with E-state index in [1.165, 1.54) is 31.2 Å². The van der Waals surface area contributed by atoms with Crippen LogP contribution in [-0.4, -0.2) is 10.5 Å². The minimum Gasteiger partial charge on any atom is -0.325 e. The van der Waals surface area contributed by atoms with Gasteiger partial charge in [0.1, 0.15) is 0 Å². The van der Waals surface area contributed by atoms with Gasteiger partial charge in [-0.2, -0.15) is 0 Å². The van der Waals surface area contributed by atoms with E-state index in [0.29, 0.717) is 0 Å². The third-order valence-electron chi connectivity index (χ3n) is 4.07. The lowest BCUT2D eigenvalue weighted by Gasteiger charge is -2.39. The van der Waals surface area contributed by atoms with Gasteiger partial charge in [-0.25, -0.2) is 0 Å². The van der Waals surface area contributed by atoms with Gasteiger partial charge in [-0.1, -0.05) is 32.8 Å². The molecule has 1 aliphatic carbocycles. The lowest BCUT2D eigenvalue weighted by atomic mass is 9.71. The molecule has 2 heteroatoms. The van der Waals surface area contributed by atoms with Crippen molar-refractivity contribution in [2.75, 3.05) is 0 Å². The predicted octanol–water partition coefficient (Wildman–Crippen LogP) is 3.56. The van der Waals surface area contributed by atoms with Gasteiger partial charge in [0.05, 0.1) is 0 Å². The van der Waals surface area contributed by atoms with E-state index in [1.54, 1.807) is 0 Å². The monoisotopic (exact) mass is 246 g/mol. The number of hydrogen-bond donors (Lipinski definition) is 1. The molecule has 0 aromatic carbocycles. The largest absolute Gasteiger partial charge is 0.325 e. The highest BCUT2D eigenvalue weighted by Gasteiger charge is 2.32. The molecule has 1 saturated carbocycles. The molecular formula is C16H26N2. The topological polar surface area (TPSA) is 38.9 Å². The van der Waals surface area contributed by atoms with Gasteiger partial charge in [-0.3, -0.25) is 4.98 Å². The second kappa shape index (κ2) is 5.83. The number of pyridine rings is 1. The van der Waals surface area contributed by atoms with Crippen molar-refractivity contribution in [3.05, 3.63) is 30.1 Å².